The lowest BCUT2D eigenvalue weighted by Crippen LogP contribution is -2.49. The number of aryl methyl sites for hydroxylation is 4. The normalized spacial score (nSPS) is 15.3. The van der Waals surface area contributed by atoms with E-state index in [1.807, 2.05) is 33.8 Å². The summed E-state index contributed by atoms with van der Waals surface area (Å²) in [5, 5.41) is 13.0. The fraction of sp³-hybridized carbons (Fsp3) is 0.474. The summed E-state index contributed by atoms with van der Waals surface area (Å²) in [5.41, 5.74) is 3.96. The molecule has 142 valence electrons. The van der Waals surface area contributed by atoms with E-state index in [9.17, 15) is 4.79 Å². The molecule has 0 atom stereocenters. The molecule has 0 N–H and O–H groups in total. The molecule has 0 bridgehead atoms. The zero-order valence-corrected chi connectivity index (χ0v) is 16.1. The van der Waals surface area contributed by atoms with Gasteiger partial charge in [-0.25, -0.2) is 9.36 Å². The lowest BCUT2D eigenvalue weighted by Gasteiger charge is -2.39. The summed E-state index contributed by atoms with van der Waals surface area (Å²) in [6, 6.07) is 5.29. The van der Waals surface area contributed by atoms with E-state index in [0.717, 1.165) is 48.0 Å². The van der Waals surface area contributed by atoms with Crippen molar-refractivity contribution in [2.75, 3.05) is 13.1 Å². The van der Waals surface area contributed by atoms with E-state index in [-0.39, 0.29) is 5.56 Å². The molecule has 3 aromatic rings. The van der Waals surface area contributed by atoms with Gasteiger partial charge in [0.15, 0.2) is 5.82 Å². The summed E-state index contributed by atoms with van der Waals surface area (Å²) in [7, 11) is 0. The molecule has 0 unspecified atom stereocenters. The van der Waals surface area contributed by atoms with Crippen molar-refractivity contribution in [2.24, 2.45) is 5.92 Å². The molecule has 27 heavy (non-hydrogen) atoms. The zero-order chi connectivity index (χ0) is 19.1. The third kappa shape index (κ3) is 3.44. The molecule has 1 aliphatic rings. The van der Waals surface area contributed by atoms with Gasteiger partial charge in [0.25, 0.3) is 5.56 Å². The number of likely N-dealkylation sites (tertiary alicyclic amines) is 1. The molecule has 0 aromatic carbocycles. The van der Waals surface area contributed by atoms with Crippen LogP contribution in [0.3, 0.4) is 0 Å². The molecule has 1 fully saturated rings. The molecule has 8 nitrogen and oxygen atoms in total. The SMILES string of the molecule is Cc1cc(C)n(-c2ccc(=O)n(CC3CN(Cc4c(C)noc4C)C3)n2)n1. The predicted molar refractivity (Wildman–Crippen MR) is 99.8 cm³/mol. The predicted octanol–water partition coefficient (Wildman–Crippen LogP) is 1.78. The first-order valence-electron chi connectivity index (χ1n) is 9.16. The second-order valence-corrected chi connectivity index (χ2v) is 7.41. The van der Waals surface area contributed by atoms with Crippen molar-refractivity contribution in [1.29, 1.82) is 0 Å². The highest BCUT2D eigenvalue weighted by Crippen LogP contribution is 2.23. The minimum absolute atomic E-state index is 0.0792. The second kappa shape index (κ2) is 6.77. The van der Waals surface area contributed by atoms with Crippen molar-refractivity contribution in [3.8, 4) is 5.82 Å². The topological polar surface area (TPSA) is 82.0 Å². The molecule has 4 rings (SSSR count). The third-order valence-corrected chi connectivity index (χ3v) is 5.11. The van der Waals surface area contributed by atoms with Gasteiger partial charge in [-0.15, -0.1) is 5.10 Å². The Kier molecular flexibility index (Phi) is 4.43. The quantitative estimate of drug-likeness (QED) is 0.683. The fourth-order valence-electron chi connectivity index (χ4n) is 3.66. The summed E-state index contributed by atoms with van der Waals surface area (Å²) in [6.07, 6.45) is 0. The molecule has 3 aromatic heterocycles. The highest BCUT2D eigenvalue weighted by atomic mass is 16.5. The van der Waals surface area contributed by atoms with E-state index in [2.05, 4.69) is 20.3 Å². The van der Waals surface area contributed by atoms with Crippen molar-refractivity contribution in [3.63, 3.8) is 0 Å². The van der Waals surface area contributed by atoms with Crippen LogP contribution in [0.1, 0.15) is 28.4 Å². The Hall–Kier alpha value is -2.74. The molecule has 4 heterocycles. The number of hydrogen-bond donors (Lipinski definition) is 0. The van der Waals surface area contributed by atoms with E-state index in [4.69, 9.17) is 4.52 Å². The number of nitrogens with zero attached hydrogens (tertiary/aromatic N) is 6. The first-order valence-corrected chi connectivity index (χ1v) is 9.16. The molecular formula is C19H24N6O2. The molecule has 8 heteroatoms. The Morgan fingerprint density at radius 2 is 1.93 bits per heavy atom. The van der Waals surface area contributed by atoms with Crippen LogP contribution in [-0.2, 0) is 13.1 Å². The van der Waals surface area contributed by atoms with Gasteiger partial charge in [0.1, 0.15) is 5.76 Å². The van der Waals surface area contributed by atoms with Gasteiger partial charge in [-0.2, -0.15) is 5.10 Å². The molecule has 0 saturated carbocycles. The van der Waals surface area contributed by atoms with E-state index in [0.29, 0.717) is 18.3 Å². The Balaban J connectivity index is 1.43. The Morgan fingerprint density at radius 1 is 1.15 bits per heavy atom. The van der Waals surface area contributed by atoms with Gasteiger partial charge in [-0.1, -0.05) is 5.16 Å². The average molecular weight is 368 g/mol. The smallest absolute Gasteiger partial charge is 0.266 e. The first kappa shape index (κ1) is 17.7. The Bertz CT molecular complexity index is 1010. The maximum absolute atomic E-state index is 12.2. The van der Waals surface area contributed by atoms with Crippen LogP contribution in [-0.4, -0.2) is 42.7 Å². The molecular weight excluding hydrogens is 344 g/mol. The summed E-state index contributed by atoms with van der Waals surface area (Å²) in [4.78, 5) is 14.6. The van der Waals surface area contributed by atoms with Crippen LogP contribution < -0.4 is 5.56 Å². The standard InChI is InChI=1S/C19H24N6O2/c1-12-7-13(2)25(20-12)18-5-6-19(26)24(21-18)10-16-8-23(9-16)11-17-14(3)22-27-15(17)4/h5-7,16H,8-11H2,1-4H3. The highest BCUT2D eigenvalue weighted by molar-refractivity contribution is 5.24. The maximum atomic E-state index is 12.2. The van der Waals surface area contributed by atoms with Crippen LogP contribution in [0.2, 0.25) is 0 Å². The Morgan fingerprint density at radius 3 is 2.56 bits per heavy atom. The van der Waals surface area contributed by atoms with Gasteiger partial charge in [-0.05, 0) is 39.8 Å². The minimum atomic E-state index is -0.0792. The molecule has 1 aliphatic heterocycles. The van der Waals surface area contributed by atoms with E-state index < -0.39 is 0 Å². The van der Waals surface area contributed by atoms with Crippen LogP contribution >= 0.6 is 0 Å². The van der Waals surface area contributed by atoms with Crippen LogP contribution in [0.25, 0.3) is 5.82 Å². The van der Waals surface area contributed by atoms with Gasteiger partial charge in [-0.3, -0.25) is 9.69 Å². The number of hydrogen-bond acceptors (Lipinski definition) is 6. The summed E-state index contributed by atoms with van der Waals surface area (Å²) in [5.74, 6) is 1.96. The van der Waals surface area contributed by atoms with Crippen LogP contribution in [0, 0.1) is 33.6 Å². The summed E-state index contributed by atoms with van der Waals surface area (Å²) >= 11 is 0. The van der Waals surface area contributed by atoms with Crippen LogP contribution in [0.5, 0.6) is 0 Å². The lowest BCUT2D eigenvalue weighted by molar-refractivity contribution is 0.0760. The molecule has 0 radical (unpaired) electrons. The van der Waals surface area contributed by atoms with Crippen molar-refractivity contribution < 1.29 is 4.52 Å². The van der Waals surface area contributed by atoms with Gasteiger partial charge < -0.3 is 4.52 Å². The van der Waals surface area contributed by atoms with Gasteiger partial charge in [0, 0.05) is 42.9 Å². The van der Waals surface area contributed by atoms with Crippen LogP contribution in [0.15, 0.2) is 27.5 Å². The second-order valence-electron chi connectivity index (χ2n) is 7.41. The molecule has 1 saturated heterocycles. The zero-order valence-electron chi connectivity index (χ0n) is 16.1. The van der Waals surface area contributed by atoms with E-state index in [1.54, 1.807) is 21.5 Å². The monoisotopic (exact) mass is 368 g/mol. The lowest BCUT2D eigenvalue weighted by atomic mass is 9.99. The Labute approximate surface area is 157 Å². The average Bonchev–Trinajstić information content (AvgIpc) is 3.09. The van der Waals surface area contributed by atoms with Gasteiger partial charge >= 0.3 is 0 Å². The minimum Gasteiger partial charge on any atom is -0.361 e. The summed E-state index contributed by atoms with van der Waals surface area (Å²) in [6.45, 7) is 11.2. The van der Waals surface area contributed by atoms with Crippen molar-refractivity contribution >= 4 is 0 Å². The molecule has 0 amide bonds. The van der Waals surface area contributed by atoms with Gasteiger partial charge in [0.05, 0.1) is 17.9 Å². The highest BCUT2D eigenvalue weighted by Gasteiger charge is 2.29. The fourth-order valence-corrected chi connectivity index (χ4v) is 3.66. The van der Waals surface area contributed by atoms with Gasteiger partial charge in [0.2, 0.25) is 0 Å². The number of rotatable bonds is 5. The largest absolute Gasteiger partial charge is 0.361 e. The third-order valence-electron chi connectivity index (χ3n) is 5.11. The van der Waals surface area contributed by atoms with Crippen molar-refractivity contribution in [3.05, 3.63) is 57.0 Å². The van der Waals surface area contributed by atoms with E-state index in [1.165, 1.54) is 0 Å². The maximum Gasteiger partial charge on any atom is 0.266 e. The van der Waals surface area contributed by atoms with Crippen molar-refractivity contribution in [1.82, 2.24) is 29.6 Å². The summed E-state index contributed by atoms with van der Waals surface area (Å²) < 4.78 is 8.56. The molecule has 0 aliphatic carbocycles. The first-order chi connectivity index (χ1) is 12.9. The number of aromatic nitrogens is 5. The molecule has 0 spiro atoms. The van der Waals surface area contributed by atoms with Crippen LogP contribution in [0.4, 0.5) is 0 Å². The van der Waals surface area contributed by atoms with Crippen molar-refractivity contribution in [2.45, 2.75) is 40.8 Å². The van der Waals surface area contributed by atoms with E-state index >= 15 is 0 Å².